The number of hydrogen-bond acceptors (Lipinski definition) is 5. The largest absolute Gasteiger partial charge is 0.497 e. The predicted octanol–water partition coefficient (Wildman–Crippen LogP) is 2.99. The average Bonchev–Trinajstić information content (AvgIpc) is 3.00. The molecule has 0 bridgehead atoms. The molecule has 146 valence electrons. The SMILES string of the molecule is COc1cc(OC)cc(N2C(=O)CC(N3CCCC4CCCCC43)C2=O)c1. The third kappa shape index (κ3) is 3.31. The number of likely N-dealkylation sites (tertiary alicyclic amines) is 1. The molecule has 6 nitrogen and oxygen atoms in total. The van der Waals surface area contributed by atoms with Crippen molar-refractivity contribution >= 4 is 17.5 Å². The number of hydrogen-bond donors (Lipinski definition) is 0. The maximum Gasteiger partial charge on any atom is 0.251 e. The van der Waals surface area contributed by atoms with Gasteiger partial charge < -0.3 is 9.47 Å². The molecule has 3 fully saturated rings. The summed E-state index contributed by atoms with van der Waals surface area (Å²) in [5.74, 6) is 1.57. The van der Waals surface area contributed by atoms with E-state index in [2.05, 4.69) is 4.90 Å². The Hall–Kier alpha value is -2.08. The van der Waals surface area contributed by atoms with Crippen molar-refractivity contribution in [1.82, 2.24) is 4.90 Å². The van der Waals surface area contributed by atoms with Gasteiger partial charge in [0.2, 0.25) is 5.91 Å². The van der Waals surface area contributed by atoms with Crippen molar-refractivity contribution in [2.24, 2.45) is 5.92 Å². The second-order valence-electron chi connectivity index (χ2n) is 7.85. The number of methoxy groups -OCH3 is 2. The van der Waals surface area contributed by atoms with Crippen LogP contribution in [0.5, 0.6) is 11.5 Å². The number of piperidine rings is 1. The highest BCUT2D eigenvalue weighted by molar-refractivity contribution is 6.22. The lowest BCUT2D eigenvalue weighted by molar-refractivity contribution is -0.124. The van der Waals surface area contributed by atoms with E-state index in [4.69, 9.17) is 9.47 Å². The second-order valence-corrected chi connectivity index (χ2v) is 7.85. The Morgan fingerprint density at radius 1 is 0.926 bits per heavy atom. The van der Waals surface area contributed by atoms with Gasteiger partial charge in [0, 0.05) is 24.2 Å². The van der Waals surface area contributed by atoms with E-state index in [1.54, 1.807) is 32.4 Å². The van der Waals surface area contributed by atoms with Crippen LogP contribution in [0.1, 0.15) is 44.9 Å². The van der Waals surface area contributed by atoms with Crippen LogP contribution >= 0.6 is 0 Å². The molecule has 6 heteroatoms. The third-order valence-corrected chi connectivity index (χ3v) is 6.40. The van der Waals surface area contributed by atoms with Crippen molar-refractivity contribution in [1.29, 1.82) is 0 Å². The first-order chi connectivity index (χ1) is 13.1. The molecule has 1 saturated carbocycles. The van der Waals surface area contributed by atoms with Crippen molar-refractivity contribution < 1.29 is 19.1 Å². The molecule has 0 N–H and O–H groups in total. The Kier molecular flexibility index (Phi) is 5.08. The molecule has 27 heavy (non-hydrogen) atoms. The van der Waals surface area contributed by atoms with Crippen LogP contribution in [0.15, 0.2) is 18.2 Å². The zero-order valence-electron chi connectivity index (χ0n) is 16.1. The van der Waals surface area contributed by atoms with Crippen molar-refractivity contribution in [3.8, 4) is 11.5 Å². The highest BCUT2D eigenvalue weighted by atomic mass is 16.5. The molecule has 0 aromatic heterocycles. The summed E-state index contributed by atoms with van der Waals surface area (Å²) in [7, 11) is 3.12. The van der Waals surface area contributed by atoms with Gasteiger partial charge in [-0.15, -0.1) is 0 Å². The van der Waals surface area contributed by atoms with Crippen LogP contribution in [0.3, 0.4) is 0 Å². The molecule has 4 rings (SSSR count). The van der Waals surface area contributed by atoms with Gasteiger partial charge in [-0.3, -0.25) is 14.5 Å². The summed E-state index contributed by atoms with van der Waals surface area (Å²) in [6, 6.07) is 5.30. The molecule has 0 spiro atoms. The monoisotopic (exact) mass is 372 g/mol. The van der Waals surface area contributed by atoms with E-state index in [1.807, 2.05) is 0 Å². The predicted molar refractivity (Wildman–Crippen MR) is 102 cm³/mol. The Balaban J connectivity index is 1.60. The van der Waals surface area contributed by atoms with Gasteiger partial charge >= 0.3 is 0 Å². The van der Waals surface area contributed by atoms with E-state index in [0.717, 1.165) is 19.4 Å². The summed E-state index contributed by atoms with van der Waals surface area (Å²) >= 11 is 0. The topological polar surface area (TPSA) is 59.1 Å². The van der Waals surface area contributed by atoms with Gasteiger partial charge in [-0.2, -0.15) is 0 Å². The number of carbonyl (C=O) groups is 2. The maximum absolute atomic E-state index is 13.3. The van der Waals surface area contributed by atoms with Crippen molar-refractivity contribution in [3.05, 3.63) is 18.2 Å². The van der Waals surface area contributed by atoms with E-state index in [1.165, 1.54) is 30.6 Å². The summed E-state index contributed by atoms with van der Waals surface area (Å²) in [4.78, 5) is 29.7. The molecule has 2 heterocycles. The molecule has 1 aromatic rings. The fourth-order valence-corrected chi connectivity index (χ4v) is 5.12. The van der Waals surface area contributed by atoms with Gasteiger partial charge in [-0.05, 0) is 38.1 Å². The van der Waals surface area contributed by atoms with Gasteiger partial charge in [0.25, 0.3) is 5.91 Å². The second kappa shape index (κ2) is 7.50. The van der Waals surface area contributed by atoms with Crippen molar-refractivity contribution in [3.63, 3.8) is 0 Å². The number of carbonyl (C=O) groups excluding carboxylic acids is 2. The Morgan fingerprint density at radius 2 is 1.59 bits per heavy atom. The lowest BCUT2D eigenvalue weighted by Gasteiger charge is -2.46. The molecular weight excluding hydrogens is 344 g/mol. The molecule has 3 unspecified atom stereocenters. The van der Waals surface area contributed by atoms with Crippen LogP contribution in [0, 0.1) is 5.92 Å². The first-order valence-electron chi connectivity index (χ1n) is 9.98. The zero-order chi connectivity index (χ0) is 19.0. The summed E-state index contributed by atoms with van der Waals surface area (Å²) in [5, 5.41) is 0. The van der Waals surface area contributed by atoms with Gasteiger partial charge in [-0.25, -0.2) is 4.90 Å². The number of anilines is 1. The number of imide groups is 1. The molecule has 1 aromatic carbocycles. The number of amides is 2. The lowest BCUT2D eigenvalue weighted by atomic mass is 9.77. The number of ether oxygens (including phenoxy) is 2. The number of fused-ring (bicyclic) bond motifs is 1. The summed E-state index contributed by atoms with van der Waals surface area (Å²) in [6.07, 6.45) is 7.56. The number of benzene rings is 1. The fraction of sp³-hybridized carbons (Fsp3) is 0.619. The molecule has 3 atom stereocenters. The van der Waals surface area contributed by atoms with Crippen LogP contribution in [0.25, 0.3) is 0 Å². The molecule has 2 saturated heterocycles. The zero-order valence-corrected chi connectivity index (χ0v) is 16.1. The van der Waals surface area contributed by atoms with E-state index in [0.29, 0.717) is 29.1 Å². The molecule has 0 radical (unpaired) electrons. The Labute approximate surface area is 160 Å². The lowest BCUT2D eigenvalue weighted by Crippen LogP contribution is -2.54. The van der Waals surface area contributed by atoms with Crippen LogP contribution in [-0.4, -0.2) is 49.6 Å². The summed E-state index contributed by atoms with van der Waals surface area (Å²) < 4.78 is 10.6. The van der Waals surface area contributed by atoms with Crippen LogP contribution in [0.4, 0.5) is 5.69 Å². The summed E-state index contributed by atoms with van der Waals surface area (Å²) in [6.45, 7) is 0.917. The van der Waals surface area contributed by atoms with Gasteiger partial charge in [-0.1, -0.05) is 12.8 Å². The normalized spacial score (nSPS) is 29.0. The Morgan fingerprint density at radius 3 is 2.30 bits per heavy atom. The van der Waals surface area contributed by atoms with E-state index in [-0.39, 0.29) is 24.3 Å². The first kappa shape index (κ1) is 18.3. The molecule has 2 amide bonds. The minimum absolute atomic E-state index is 0.110. The molecular formula is C21H28N2O4. The Bertz CT molecular complexity index is 711. The third-order valence-electron chi connectivity index (χ3n) is 6.40. The standard InChI is InChI=1S/C21H28N2O4/c1-26-16-10-15(11-17(12-16)27-2)23-20(24)13-19(21(23)25)22-9-5-7-14-6-3-4-8-18(14)22/h10-12,14,18-19H,3-9,13H2,1-2H3. The quantitative estimate of drug-likeness (QED) is 0.761. The van der Waals surface area contributed by atoms with E-state index >= 15 is 0 Å². The average molecular weight is 372 g/mol. The molecule has 3 aliphatic rings. The van der Waals surface area contributed by atoms with Crippen molar-refractivity contribution in [2.75, 3.05) is 25.7 Å². The minimum atomic E-state index is -0.333. The van der Waals surface area contributed by atoms with Crippen LogP contribution in [0.2, 0.25) is 0 Å². The van der Waals surface area contributed by atoms with Gasteiger partial charge in [0.15, 0.2) is 0 Å². The van der Waals surface area contributed by atoms with Crippen LogP contribution in [-0.2, 0) is 9.59 Å². The fourth-order valence-electron chi connectivity index (χ4n) is 5.12. The maximum atomic E-state index is 13.3. The first-order valence-corrected chi connectivity index (χ1v) is 9.98. The van der Waals surface area contributed by atoms with Gasteiger partial charge in [0.1, 0.15) is 11.5 Å². The summed E-state index contributed by atoms with van der Waals surface area (Å²) in [5.41, 5.74) is 0.529. The number of nitrogens with zero attached hydrogens (tertiary/aromatic N) is 2. The highest BCUT2D eigenvalue weighted by Crippen LogP contribution is 2.39. The van der Waals surface area contributed by atoms with E-state index < -0.39 is 0 Å². The molecule has 2 aliphatic heterocycles. The van der Waals surface area contributed by atoms with Crippen molar-refractivity contribution in [2.45, 2.75) is 57.0 Å². The molecule has 1 aliphatic carbocycles. The minimum Gasteiger partial charge on any atom is -0.497 e. The smallest absolute Gasteiger partial charge is 0.251 e. The van der Waals surface area contributed by atoms with E-state index in [9.17, 15) is 9.59 Å². The van der Waals surface area contributed by atoms with Gasteiger partial charge in [0.05, 0.1) is 32.4 Å². The number of rotatable bonds is 4. The highest BCUT2D eigenvalue weighted by Gasteiger charge is 2.47. The van der Waals surface area contributed by atoms with Crippen LogP contribution < -0.4 is 14.4 Å².